The molecule has 0 spiro atoms. The highest BCUT2D eigenvalue weighted by Crippen LogP contribution is 2.29. The minimum Gasteiger partial charge on any atom is -0.463 e. The first-order valence-corrected chi connectivity index (χ1v) is 10.9. The van der Waals surface area contributed by atoms with Crippen LogP contribution >= 0.6 is 11.3 Å². The molecule has 3 heterocycles. The maximum absolute atomic E-state index is 12.9. The lowest BCUT2D eigenvalue weighted by atomic mass is 10.3. The molecule has 1 amide bonds. The van der Waals surface area contributed by atoms with Gasteiger partial charge >= 0.3 is 0 Å². The van der Waals surface area contributed by atoms with Crippen molar-refractivity contribution < 1.29 is 13.9 Å². The molecule has 1 N–H and O–H groups in total. The van der Waals surface area contributed by atoms with Gasteiger partial charge in [-0.2, -0.15) is 5.10 Å². The molecular formula is C24H18N4O4S. The van der Waals surface area contributed by atoms with Crippen LogP contribution in [0.1, 0.15) is 5.01 Å². The third-order valence-corrected chi connectivity index (χ3v) is 5.75. The number of ether oxygens (including phenoxy) is 1. The Labute approximate surface area is 192 Å². The molecule has 0 atom stereocenters. The number of thiazole rings is 1. The van der Waals surface area contributed by atoms with Crippen LogP contribution in [-0.4, -0.2) is 20.7 Å². The van der Waals surface area contributed by atoms with Crippen molar-refractivity contribution in [2.45, 2.75) is 13.5 Å². The Bertz CT molecular complexity index is 1470. The number of carbonyl (C=O) groups excluding carboxylic acids is 1. The Hall–Kier alpha value is -4.24. The third-order valence-electron chi connectivity index (χ3n) is 4.77. The number of hydrogen-bond donors (Lipinski definition) is 1. The van der Waals surface area contributed by atoms with Crippen LogP contribution < -0.4 is 15.6 Å². The number of nitrogens with zero attached hydrogens (tertiary/aromatic N) is 3. The van der Waals surface area contributed by atoms with Gasteiger partial charge in [-0.05, 0) is 55.5 Å². The molecule has 164 valence electrons. The molecule has 33 heavy (non-hydrogen) atoms. The topological polar surface area (TPSA) is 99.2 Å². The van der Waals surface area contributed by atoms with E-state index in [1.54, 1.807) is 36.4 Å². The highest BCUT2D eigenvalue weighted by Gasteiger charge is 2.19. The zero-order valence-electron chi connectivity index (χ0n) is 17.5. The quantitative estimate of drug-likeness (QED) is 0.390. The van der Waals surface area contributed by atoms with Gasteiger partial charge in [-0.25, -0.2) is 9.67 Å². The van der Waals surface area contributed by atoms with Crippen molar-refractivity contribution in [2.75, 3.05) is 5.32 Å². The van der Waals surface area contributed by atoms with E-state index in [0.29, 0.717) is 27.6 Å². The number of para-hydroxylation sites is 1. The summed E-state index contributed by atoms with van der Waals surface area (Å²) in [6.45, 7) is 1.56. The Kier molecular flexibility index (Phi) is 5.45. The van der Waals surface area contributed by atoms with E-state index < -0.39 is 11.5 Å². The number of furan rings is 1. The lowest BCUT2D eigenvalue weighted by Gasteiger charge is -2.09. The van der Waals surface area contributed by atoms with E-state index >= 15 is 0 Å². The van der Waals surface area contributed by atoms with Crippen LogP contribution in [0.4, 0.5) is 5.69 Å². The first kappa shape index (κ1) is 20.7. The van der Waals surface area contributed by atoms with Crippen molar-refractivity contribution in [3.8, 4) is 23.0 Å². The van der Waals surface area contributed by atoms with Crippen LogP contribution in [0.2, 0.25) is 0 Å². The summed E-state index contributed by atoms with van der Waals surface area (Å²) in [6, 6.07) is 19.9. The average molecular weight is 458 g/mol. The SMILES string of the molecule is Cc1nc2c(=O)n(CC(=O)Nc3ccc(Oc4ccccc4)cc3)nc(-c3ccco3)c2s1. The van der Waals surface area contributed by atoms with Crippen LogP contribution in [0.5, 0.6) is 11.5 Å². The van der Waals surface area contributed by atoms with E-state index in [4.69, 9.17) is 9.15 Å². The van der Waals surface area contributed by atoms with Gasteiger partial charge in [0.15, 0.2) is 11.3 Å². The van der Waals surface area contributed by atoms with Gasteiger partial charge in [-0.1, -0.05) is 18.2 Å². The number of aryl methyl sites for hydroxylation is 1. The van der Waals surface area contributed by atoms with Gasteiger partial charge in [0.2, 0.25) is 5.91 Å². The monoisotopic (exact) mass is 458 g/mol. The molecule has 0 saturated heterocycles. The van der Waals surface area contributed by atoms with E-state index in [9.17, 15) is 9.59 Å². The van der Waals surface area contributed by atoms with Gasteiger partial charge in [0, 0.05) is 5.69 Å². The average Bonchev–Trinajstić information content (AvgIpc) is 3.48. The molecule has 0 aliphatic heterocycles. The smallest absolute Gasteiger partial charge is 0.294 e. The van der Waals surface area contributed by atoms with Crippen molar-refractivity contribution in [1.29, 1.82) is 0 Å². The van der Waals surface area contributed by atoms with Gasteiger partial charge in [0.25, 0.3) is 5.56 Å². The molecule has 2 aromatic carbocycles. The van der Waals surface area contributed by atoms with E-state index in [-0.39, 0.29) is 12.1 Å². The number of benzene rings is 2. The minimum absolute atomic E-state index is 0.263. The Morgan fingerprint density at radius 2 is 1.82 bits per heavy atom. The summed E-state index contributed by atoms with van der Waals surface area (Å²) in [5.41, 5.74) is 0.904. The molecule has 0 unspecified atom stereocenters. The number of amides is 1. The fourth-order valence-electron chi connectivity index (χ4n) is 3.32. The summed E-state index contributed by atoms with van der Waals surface area (Å²) >= 11 is 1.36. The molecule has 0 fully saturated rings. The van der Waals surface area contributed by atoms with Crippen molar-refractivity contribution in [2.24, 2.45) is 0 Å². The van der Waals surface area contributed by atoms with Gasteiger partial charge in [-0.3, -0.25) is 9.59 Å². The summed E-state index contributed by atoms with van der Waals surface area (Å²) in [6.07, 6.45) is 1.53. The molecule has 0 aliphatic carbocycles. The Morgan fingerprint density at radius 3 is 2.55 bits per heavy atom. The summed E-state index contributed by atoms with van der Waals surface area (Å²) in [5, 5.41) is 7.91. The van der Waals surface area contributed by atoms with E-state index in [1.807, 2.05) is 37.3 Å². The molecular weight excluding hydrogens is 440 g/mol. The number of aromatic nitrogens is 3. The van der Waals surface area contributed by atoms with Crippen molar-refractivity contribution in [3.63, 3.8) is 0 Å². The second-order valence-electron chi connectivity index (χ2n) is 7.19. The normalized spacial score (nSPS) is 10.9. The Morgan fingerprint density at radius 1 is 1.06 bits per heavy atom. The lowest BCUT2D eigenvalue weighted by Crippen LogP contribution is -2.30. The predicted octanol–water partition coefficient (Wildman–Crippen LogP) is 4.85. The summed E-state index contributed by atoms with van der Waals surface area (Å²) in [4.78, 5) is 29.9. The fraction of sp³-hybridized carbons (Fsp3) is 0.0833. The van der Waals surface area contributed by atoms with Crippen molar-refractivity contribution in [1.82, 2.24) is 14.8 Å². The molecule has 5 aromatic rings. The second-order valence-corrected chi connectivity index (χ2v) is 8.39. The zero-order chi connectivity index (χ0) is 22.8. The van der Waals surface area contributed by atoms with Crippen molar-refractivity contribution >= 4 is 33.1 Å². The molecule has 9 heteroatoms. The summed E-state index contributed by atoms with van der Waals surface area (Å²) in [7, 11) is 0. The van der Waals surface area contributed by atoms with Crippen LogP contribution in [-0.2, 0) is 11.3 Å². The highest BCUT2D eigenvalue weighted by atomic mass is 32.1. The Balaban J connectivity index is 1.35. The highest BCUT2D eigenvalue weighted by molar-refractivity contribution is 7.19. The molecule has 0 saturated carbocycles. The number of anilines is 1. The number of nitrogens with one attached hydrogen (secondary N) is 1. The molecule has 3 aromatic heterocycles. The van der Waals surface area contributed by atoms with Crippen LogP contribution in [0, 0.1) is 6.92 Å². The van der Waals surface area contributed by atoms with Crippen molar-refractivity contribution in [3.05, 3.63) is 88.4 Å². The molecule has 0 aliphatic rings. The first-order valence-electron chi connectivity index (χ1n) is 10.1. The number of fused-ring (bicyclic) bond motifs is 1. The molecule has 0 radical (unpaired) electrons. The molecule has 5 rings (SSSR count). The molecule has 0 bridgehead atoms. The molecule has 8 nitrogen and oxygen atoms in total. The fourth-order valence-corrected chi connectivity index (χ4v) is 4.22. The van der Waals surface area contributed by atoms with E-state index in [1.165, 1.54) is 17.6 Å². The third kappa shape index (κ3) is 4.39. The summed E-state index contributed by atoms with van der Waals surface area (Å²) < 4.78 is 13.0. The zero-order valence-corrected chi connectivity index (χ0v) is 18.3. The van der Waals surface area contributed by atoms with Gasteiger partial charge in [0.05, 0.1) is 16.0 Å². The standard InChI is InChI=1S/C24H18N4O4S/c1-15-25-22-23(33-15)21(19-8-5-13-31-19)27-28(24(22)30)14-20(29)26-16-9-11-18(12-10-16)32-17-6-3-2-4-7-17/h2-13H,14H2,1H3,(H,26,29). The number of carbonyl (C=O) groups is 1. The van der Waals surface area contributed by atoms with Gasteiger partial charge in [0.1, 0.15) is 23.7 Å². The first-order chi connectivity index (χ1) is 16.1. The lowest BCUT2D eigenvalue weighted by molar-refractivity contribution is -0.117. The van der Waals surface area contributed by atoms with Crippen LogP contribution in [0.25, 0.3) is 21.7 Å². The maximum Gasteiger partial charge on any atom is 0.294 e. The largest absolute Gasteiger partial charge is 0.463 e. The van der Waals surface area contributed by atoms with E-state index in [0.717, 1.165) is 15.4 Å². The predicted molar refractivity (Wildman–Crippen MR) is 126 cm³/mol. The minimum atomic E-state index is -0.425. The van der Waals surface area contributed by atoms with Gasteiger partial charge < -0.3 is 14.5 Å². The number of rotatable bonds is 6. The van der Waals surface area contributed by atoms with E-state index in [2.05, 4.69) is 15.4 Å². The second kappa shape index (κ2) is 8.71. The van der Waals surface area contributed by atoms with Crippen LogP contribution in [0.3, 0.4) is 0 Å². The summed E-state index contributed by atoms with van der Waals surface area (Å²) in [5.74, 6) is 1.48. The number of hydrogen-bond acceptors (Lipinski definition) is 7. The van der Waals surface area contributed by atoms with Gasteiger partial charge in [-0.15, -0.1) is 11.3 Å². The maximum atomic E-state index is 12.9. The van der Waals surface area contributed by atoms with Crippen LogP contribution in [0.15, 0.2) is 82.2 Å².